The van der Waals surface area contributed by atoms with Gasteiger partial charge in [-0.2, -0.15) is 8.75 Å². The predicted molar refractivity (Wildman–Crippen MR) is 132 cm³/mol. The van der Waals surface area contributed by atoms with Crippen LogP contribution in [0.25, 0.3) is 0 Å². The molecule has 0 unspecified atom stereocenters. The highest BCUT2D eigenvalue weighted by Crippen LogP contribution is 2.35. The van der Waals surface area contributed by atoms with Crippen LogP contribution in [-0.4, -0.2) is 49.0 Å². The maximum absolute atomic E-state index is 13.0. The Morgan fingerprint density at radius 2 is 2.12 bits per heavy atom. The van der Waals surface area contributed by atoms with E-state index >= 15 is 0 Å². The molecule has 0 aliphatic carbocycles. The molecule has 1 fully saturated rings. The minimum Gasteiger partial charge on any atom is -0.505 e. The number of rotatable bonds is 9. The molecule has 34 heavy (non-hydrogen) atoms. The largest absolute Gasteiger partial charge is 0.505 e. The molecule has 182 valence electrons. The van der Waals surface area contributed by atoms with E-state index in [1.807, 2.05) is 0 Å². The second kappa shape index (κ2) is 10.4. The number of aromatic nitrogens is 2. The molecule has 1 saturated heterocycles. The van der Waals surface area contributed by atoms with Crippen LogP contribution in [0.4, 0.5) is 17.3 Å². The van der Waals surface area contributed by atoms with Gasteiger partial charge < -0.3 is 30.2 Å². The number of nitrogens with zero attached hydrogens (tertiary/aromatic N) is 3. The van der Waals surface area contributed by atoms with Crippen LogP contribution in [0.1, 0.15) is 73.7 Å². The molecule has 1 aliphatic rings. The summed E-state index contributed by atoms with van der Waals surface area (Å²) in [6, 6.07) is 6.72. The van der Waals surface area contributed by atoms with Gasteiger partial charge in [-0.15, -0.1) is 0 Å². The first-order valence-electron chi connectivity index (χ1n) is 11.6. The normalized spacial score (nSPS) is 16.7. The quantitative estimate of drug-likeness (QED) is 0.317. The highest BCUT2D eigenvalue weighted by Gasteiger charge is 2.30. The minimum atomic E-state index is -0.294. The standard InChI is InChI=1S/C24H31N5O4S/c1-4-18(20-11-15(13-33-20)14(2)3)25-22-23(28-34-27-22)26-19-9-5-8-17(21(19)31)24(32)29-10-6-7-16(29)12-30/h5,8-9,11,13-14,16,18,30-31H,4,6-7,10,12H2,1-3H3,(H,25,27)(H,26,28)/t16-,18+/m0/s1. The van der Waals surface area contributed by atoms with Gasteiger partial charge in [0.15, 0.2) is 17.4 Å². The molecular formula is C24H31N5O4S. The first-order valence-corrected chi connectivity index (χ1v) is 12.3. The molecule has 1 aliphatic heterocycles. The van der Waals surface area contributed by atoms with Crippen molar-refractivity contribution in [1.29, 1.82) is 0 Å². The first kappa shape index (κ1) is 24.0. The summed E-state index contributed by atoms with van der Waals surface area (Å²) in [6.07, 6.45) is 4.15. The molecule has 3 aromatic rings. The van der Waals surface area contributed by atoms with Gasteiger partial charge in [0.25, 0.3) is 5.91 Å². The number of aliphatic hydroxyl groups excluding tert-OH is 1. The SMILES string of the molecule is CC[C@@H](Nc1nsnc1Nc1cccc(C(=O)N2CCC[C@H]2CO)c1O)c1cc(C(C)C)co1. The number of carbonyl (C=O) groups excluding carboxylic acids is 1. The Kier molecular flexibility index (Phi) is 7.38. The van der Waals surface area contributed by atoms with Crippen molar-refractivity contribution in [2.45, 2.75) is 58.0 Å². The van der Waals surface area contributed by atoms with Crippen LogP contribution in [0.2, 0.25) is 0 Å². The summed E-state index contributed by atoms with van der Waals surface area (Å²) in [6.45, 7) is 6.77. The fourth-order valence-corrected chi connectivity index (χ4v) is 4.63. The van der Waals surface area contributed by atoms with Gasteiger partial charge in [-0.3, -0.25) is 4.79 Å². The summed E-state index contributed by atoms with van der Waals surface area (Å²) in [7, 11) is 0. The molecule has 3 heterocycles. The zero-order chi connectivity index (χ0) is 24.2. The molecule has 9 nitrogen and oxygen atoms in total. The van der Waals surface area contributed by atoms with E-state index in [1.54, 1.807) is 29.4 Å². The van der Waals surface area contributed by atoms with E-state index in [9.17, 15) is 15.0 Å². The third-order valence-corrected chi connectivity index (χ3v) is 6.75. The van der Waals surface area contributed by atoms with Crippen molar-refractivity contribution >= 4 is 35.0 Å². The van der Waals surface area contributed by atoms with Crippen molar-refractivity contribution in [1.82, 2.24) is 13.6 Å². The number of para-hydroxylation sites is 1. The van der Waals surface area contributed by atoms with E-state index in [2.05, 4.69) is 46.2 Å². The van der Waals surface area contributed by atoms with Gasteiger partial charge in [-0.1, -0.05) is 26.8 Å². The highest BCUT2D eigenvalue weighted by atomic mass is 32.1. The van der Waals surface area contributed by atoms with Crippen molar-refractivity contribution in [2.75, 3.05) is 23.8 Å². The lowest BCUT2D eigenvalue weighted by Gasteiger charge is -2.24. The number of hydrogen-bond donors (Lipinski definition) is 4. The summed E-state index contributed by atoms with van der Waals surface area (Å²) in [5, 5.41) is 26.9. The van der Waals surface area contributed by atoms with Gasteiger partial charge in [-0.25, -0.2) is 0 Å². The summed E-state index contributed by atoms with van der Waals surface area (Å²) in [5.74, 6) is 1.74. The minimum absolute atomic E-state index is 0.0864. The van der Waals surface area contributed by atoms with Crippen LogP contribution in [0.15, 0.2) is 34.9 Å². The van der Waals surface area contributed by atoms with Gasteiger partial charge >= 0.3 is 0 Å². The number of carbonyl (C=O) groups is 1. The van der Waals surface area contributed by atoms with E-state index in [0.717, 1.165) is 42.3 Å². The monoisotopic (exact) mass is 485 g/mol. The maximum atomic E-state index is 13.0. The van der Waals surface area contributed by atoms with Crippen LogP contribution < -0.4 is 10.6 Å². The highest BCUT2D eigenvalue weighted by molar-refractivity contribution is 6.99. The molecular weight excluding hydrogens is 454 g/mol. The molecule has 0 radical (unpaired) electrons. The van der Waals surface area contributed by atoms with Gasteiger partial charge in [0.2, 0.25) is 0 Å². The Morgan fingerprint density at radius 1 is 1.32 bits per heavy atom. The fraction of sp³-hybridized carbons (Fsp3) is 0.458. The number of anilines is 3. The average Bonchev–Trinajstić information content (AvgIpc) is 3.59. The maximum Gasteiger partial charge on any atom is 0.258 e. The summed E-state index contributed by atoms with van der Waals surface area (Å²) < 4.78 is 14.5. The van der Waals surface area contributed by atoms with E-state index in [-0.39, 0.29) is 35.9 Å². The molecule has 4 N–H and O–H groups in total. The van der Waals surface area contributed by atoms with Crippen molar-refractivity contribution in [2.24, 2.45) is 0 Å². The van der Waals surface area contributed by atoms with Crippen LogP contribution in [0, 0.1) is 0 Å². The Labute approximate surface area is 203 Å². The third-order valence-electron chi connectivity index (χ3n) is 6.23. The first-order chi connectivity index (χ1) is 16.4. The summed E-state index contributed by atoms with van der Waals surface area (Å²) in [5.41, 5.74) is 1.68. The number of aliphatic hydroxyl groups is 1. The van der Waals surface area contributed by atoms with E-state index in [1.165, 1.54) is 0 Å². The molecule has 0 saturated carbocycles. The molecule has 2 aromatic heterocycles. The van der Waals surface area contributed by atoms with E-state index in [0.29, 0.717) is 29.8 Å². The lowest BCUT2D eigenvalue weighted by atomic mass is 10.1. The lowest BCUT2D eigenvalue weighted by Crippen LogP contribution is -2.37. The van der Waals surface area contributed by atoms with Gasteiger partial charge in [0.1, 0.15) is 5.76 Å². The molecule has 4 rings (SSSR count). The number of amides is 1. The number of nitrogens with one attached hydrogen (secondary N) is 2. The average molecular weight is 486 g/mol. The molecule has 0 bridgehead atoms. The number of likely N-dealkylation sites (tertiary alicyclic amines) is 1. The summed E-state index contributed by atoms with van der Waals surface area (Å²) >= 11 is 1.04. The topological polar surface area (TPSA) is 124 Å². The lowest BCUT2D eigenvalue weighted by molar-refractivity contribution is 0.0674. The molecule has 10 heteroatoms. The van der Waals surface area contributed by atoms with Crippen LogP contribution in [0.3, 0.4) is 0 Å². The Morgan fingerprint density at radius 3 is 2.82 bits per heavy atom. The number of aromatic hydroxyl groups is 1. The summed E-state index contributed by atoms with van der Waals surface area (Å²) in [4.78, 5) is 14.6. The Hall–Kier alpha value is -3.11. The Balaban J connectivity index is 1.53. The van der Waals surface area contributed by atoms with Gasteiger partial charge in [0, 0.05) is 6.54 Å². The number of furan rings is 1. The van der Waals surface area contributed by atoms with Gasteiger partial charge in [-0.05, 0) is 48.9 Å². The van der Waals surface area contributed by atoms with Crippen molar-refractivity contribution in [3.63, 3.8) is 0 Å². The second-order valence-electron chi connectivity index (χ2n) is 8.81. The molecule has 0 spiro atoms. The second-order valence-corrected chi connectivity index (χ2v) is 9.34. The van der Waals surface area contributed by atoms with E-state index in [4.69, 9.17) is 4.42 Å². The molecule has 1 amide bonds. The van der Waals surface area contributed by atoms with Crippen LogP contribution >= 0.6 is 11.7 Å². The smallest absolute Gasteiger partial charge is 0.258 e. The van der Waals surface area contributed by atoms with Crippen molar-refractivity contribution in [3.05, 3.63) is 47.4 Å². The molecule has 2 atom stereocenters. The van der Waals surface area contributed by atoms with E-state index < -0.39 is 0 Å². The fourth-order valence-electron chi connectivity index (χ4n) is 4.15. The number of benzene rings is 1. The van der Waals surface area contributed by atoms with Crippen LogP contribution in [-0.2, 0) is 0 Å². The van der Waals surface area contributed by atoms with Crippen LogP contribution in [0.5, 0.6) is 5.75 Å². The van der Waals surface area contributed by atoms with Crippen molar-refractivity contribution < 1.29 is 19.4 Å². The zero-order valence-corrected chi connectivity index (χ0v) is 20.4. The predicted octanol–water partition coefficient (Wildman–Crippen LogP) is 4.86. The number of phenolic OH excluding ortho intramolecular Hbond substituents is 1. The van der Waals surface area contributed by atoms with Gasteiger partial charge in [0.05, 0.1) is 47.9 Å². The number of hydrogen-bond acceptors (Lipinski definition) is 9. The van der Waals surface area contributed by atoms with Crippen molar-refractivity contribution in [3.8, 4) is 5.75 Å². The molecule has 1 aromatic carbocycles. The number of phenols is 1. The third kappa shape index (κ3) is 4.88. The zero-order valence-electron chi connectivity index (χ0n) is 19.6. The Bertz CT molecular complexity index is 1130.